The molecule has 8 heteroatoms. The molecule has 0 bridgehead atoms. The van der Waals surface area contributed by atoms with E-state index in [1.165, 1.54) is 6.07 Å². The highest BCUT2D eigenvalue weighted by Gasteiger charge is 2.21. The van der Waals surface area contributed by atoms with Crippen LogP contribution >= 0.6 is 0 Å². The Bertz CT molecular complexity index is 836. The molecule has 0 heterocycles. The van der Waals surface area contributed by atoms with Gasteiger partial charge in [-0.2, -0.15) is 0 Å². The number of nitrogens with two attached hydrogens (primary N) is 1. The van der Waals surface area contributed by atoms with Crippen LogP contribution in [0.25, 0.3) is 0 Å². The number of oxime groups is 1. The minimum absolute atomic E-state index is 0.111. The van der Waals surface area contributed by atoms with E-state index in [0.717, 1.165) is 19.1 Å². The summed E-state index contributed by atoms with van der Waals surface area (Å²) in [7, 11) is -4.06. The van der Waals surface area contributed by atoms with Gasteiger partial charge in [-0.15, -0.1) is 0 Å². The number of para-hydroxylation sites is 1. The largest absolute Gasteiger partial charge is 0.454 e. The molecule has 2 aromatic rings. The Balaban J connectivity index is 2.57. The lowest BCUT2D eigenvalue weighted by atomic mass is 10.2. The predicted octanol–water partition coefficient (Wildman–Crippen LogP) is 3.15. The SMILES string of the molecule is CCCCNc1cc(/C=N\O)cc(S(N)(=O)=O)c1Oc1ccccc1. The van der Waals surface area contributed by atoms with E-state index in [1.807, 2.05) is 13.0 Å². The number of hydrogen-bond donors (Lipinski definition) is 3. The van der Waals surface area contributed by atoms with Gasteiger partial charge in [0, 0.05) is 6.54 Å². The first-order valence-corrected chi connectivity index (χ1v) is 9.35. The number of anilines is 1. The Labute approximate surface area is 147 Å². The van der Waals surface area contributed by atoms with Crippen molar-refractivity contribution in [2.24, 2.45) is 10.3 Å². The zero-order valence-electron chi connectivity index (χ0n) is 13.8. The van der Waals surface area contributed by atoms with Crippen molar-refractivity contribution in [3.63, 3.8) is 0 Å². The second-order valence-electron chi connectivity index (χ2n) is 5.38. The summed E-state index contributed by atoms with van der Waals surface area (Å²) in [5.74, 6) is 0.592. The number of nitrogens with one attached hydrogen (secondary N) is 1. The molecule has 0 saturated carbocycles. The Morgan fingerprint density at radius 2 is 2.00 bits per heavy atom. The van der Waals surface area contributed by atoms with Crippen molar-refractivity contribution < 1.29 is 18.4 Å². The highest BCUT2D eigenvalue weighted by molar-refractivity contribution is 7.89. The van der Waals surface area contributed by atoms with E-state index in [4.69, 9.17) is 15.1 Å². The Kier molecular flexibility index (Phi) is 6.37. The number of ether oxygens (including phenoxy) is 1. The molecule has 7 nitrogen and oxygen atoms in total. The van der Waals surface area contributed by atoms with Crippen LogP contribution in [0.1, 0.15) is 25.3 Å². The molecule has 0 unspecified atom stereocenters. The van der Waals surface area contributed by atoms with Crippen LogP contribution < -0.4 is 15.2 Å². The van der Waals surface area contributed by atoms with Crippen LogP contribution in [-0.2, 0) is 10.0 Å². The van der Waals surface area contributed by atoms with Crippen LogP contribution in [0.3, 0.4) is 0 Å². The van der Waals surface area contributed by atoms with Gasteiger partial charge in [-0.25, -0.2) is 13.6 Å². The summed E-state index contributed by atoms with van der Waals surface area (Å²) in [6.45, 7) is 2.68. The lowest BCUT2D eigenvalue weighted by Crippen LogP contribution is -2.15. The van der Waals surface area contributed by atoms with E-state index in [0.29, 0.717) is 23.5 Å². The maximum absolute atomic E-state index is 12.0. The average Bonchev–Trinajstić information content (AvgIpc) is 2.57. The van der Waals surface area contributed by atoms with Gasteiger partial charge in [-0.05, 0) is 36.2 Å². The number of sulfonamides is 1. The van der Waals surface area contributed by atoms with Crippen LogP contribution in [0.15, 0.2) is 52.5 Å². The van der Waals surface area contributed by atoms with Crippen LogP contribution in [0.2, 0.25) is 0 Å². The molecule has 2 aromatic carbocycles. The highest BCUT2D eigenvalue weighted by atomic mass is 32.2. The maximum Gasteiger partial charge on any atom is 0.241 e. The fourth-order valence-electron chi connectivity index (χ4n) is 2.22. The van der Waals surface area contributed by atoms with E-state index < -0.39 is 10.0 Å². The molecule has 25 heavy (non-hydrogen) atoms. The van der Waals surface area contributed by atoms with Gasteiger partial charge in [0.25, 0.3) is 0 Å². The van der Waals surface area contributed by atoms with Gasteiger partial charge < -0.3 is 15.3 Å². The normalized spacial score (nSPS) is 11.6. The Morgan fingerprint density at radius 3 is 2.60 bits per heavy atom. The van der Waals surface area contributed by atoms with Gasteiger partial charge >= 0.3 is 0 Å². The van der Waals surface area contributed by atoms with Crippen LogP contribution in [0, 0.1) is 0 Å². The molecule has 2 rings (SSSR count). The summed E-state index contributed by atoms with van der Waals surface area (Å²) in [6, 6.07) is 11.8. The fourth-order valence-corrected chi connectivity index (χ4v) is 2.93. The lowest BCUT2D eigenvalue weighted by molar-refractivity contribution is 0.322. The van der Waals surface area contributed by atoms with E-state index in [1.54, 1.807) is 30.3 Å². The third-order valence-electron chi connectivity index (χ3n) is 3.40. The van der Waals surface area contributed by atoms with E-state index in [2.05, 4.69) is 10.5 Å². The van der Waals surface area contributed by atoms with Gasteiger partial charge in [-0.3, -0.25) is 0 Å². The summed E-state index contributed by atoms with van der Waals surface area (Å²) in [5, 5.41) is 20.2. The molecular weight excluding hydrogens is 342 g/mol. The number of hydrogen-bond acceptors (Lipinski definition) is 6. The minimum atomic E-state index is -4.06. The van der Waals surface area contributed by atoms with Gasteiger partial charge in [-0.1, -0.05) is 36.7 Å². The molecule has 0 spiro atoms. The topological polar surface area (TPSA) is 114 Å². The van der Waals surface area contributed by atoms with Crippen LogP contribution in [0.5, 0.6) is 11.5 Å². The van der Waals surface area contributed by atoms with E-state index in [9.17, 15) is 8.42 Å². The molecule has 0 aliphatic heterocycles. The number of primary sulfonamides is 1. The van der Waals surface area contributed by atoms with E-state index >= 15 is 0 Å². The first kappa shape index (κ1) is 18.8. The Morgan fingerprint density at radius 1 is 1.28 bits per heavy atom. The fraction of sp³-hybridized carbons (Fsp3) is 0.235. The molecule has 0 radical (unpaired) electrons. The van der Waals surface area contributed by atoms with Gasteiger partial charge in [0.15, 0.2) is 5.75 Å². The number of unbranched alkanes of at least 4 members (excludes halogenated alkanes) is 1. The van der Waals surface area contributed by atoms with Crippen molar-refractivity contribution in [3.8, 4) is 11.5 Å². The lowest BCUT2D eigenvalue weighted by Gasteiger charge is -2.17. The quantitative estimate of drug-likeness (QED) is 0.288. The maximum atomic E-state index is 12.0. The molecular formula is C17H21N3O4S. The van der Waals surface area contributed by atoms with Crippen molar-refractivity contribution in [1.82, 2.24) is 0 Å². The van der Waals surface area contributed by atoms with Gasteiger partial charge in [0.2, 0.25) is 10.0 Å². The third-order valence-corrected chi connectivity index (χ3v) is 4.32. The smallest absolute Gasteiger partial charge is 0.241 e. The predicted molar refractivity (Wildman–Crippen MR) is 97.1 cm³/mol. The summed E-state index contributed by atoms with van der Waals surface area (Å²) >= 11 is 0. The van der Waals surface area contributed by atoms with Crippen LogP contribution in [-0.4, -0.2) is 26.4 Å². The molecule has 0 fully saturated rings. The van der Waals surface area contributed by atoms with Crippen molar-refractivity contribution in [2.45, 2.75) is 24.7 Å². The second-order valence-corrected chi connectivity index (χ2v) is 6.91. The molecule has 0 atom stereocenters. The highest BCUT2D eigenvalue weighted by Crippen LogP contribution is 2.36. The Hall–Kier alpha value is -2.58. The summed E-state index contributed by atoms with van der Waals surface area (Å²) in [4.78, 5) is -0.187. The number of nitrogens with zero attached hydrogens (tertiary/aromatic N) is 1. The molecule has 0 aliphatic carbocycles. The van der Waals surface area contributed by atoms with Crippen LogP contribution in [0.4, 0.5) is 5.69 Å². The van der Waals surface area contributed by atoms with Crippen molar-refractivity contribution in [2.75, 3.05) is 11.9 Å². The van der Waals surface area contributed by atoms with Gasteiger partial charge in [0.05, 0.1) is 11.9 Å². The molecule has 4 N–H and O–H groups in total. The molecule has 0 amide bonds. The third kappa shape index (κ3) is 5.20. The molecule has 0 saturated heterocycles. The minimum Gasteiger partial charge on any atom is -0.454 e. The monoisotopic (exact) mass is 363 g/mol. The first-order chi connectivity index (χ1) is 12.0. The summed E-state index contributed by atoms with van der Waals surface area (Å²) < 4.78 is 29.9. The summed E-state index contributed by atoms with van der Waals surface area (Å²) in [6.07, 6.45) is 3.00. The standard InChI is InChI=1S/C17H21N3O4S/c1-2-3-9-19-15-10-13(12-20-21)11-16(25(18,22)23)17(15)24-14-7-5-4-6-8-14/h4-8,10-12,19,21H,2-3,9H2,1H3,(H2,18,22,23)/b20-12-. The zero-order valence-corrected chi connectivity index (χ0v) is 14.7. The van der Waals surface area contributed by atoms with Crippen molar-refractivity contribution in [3.05, 3.63) is 48.0 Å². The number of rotatable bonds is 8. The van der Waals surface area contributed by atoms with Crippen molar-refractivity contribution >= 4 is 21.9 Å². The zero-order chi connectivity index (χ0) is 18.3. The second kappa shape index (κ2) is 8.50. The van der Waals surface area contributed by atoms with Crippen molar-refractivity contribution in [1.29, 1.82) is 0 Å². The van der Waals surface area contributed by atoms with E-state index in [-0.39, 0.29) is 10.6 Å². The average molecular weight is 363 g/mol. The van der Waals surface area contributed by atoms with Gasteiger partial charge in [0.1, 0.15) is 10.6 Å². The molecule has 0 aliphatic rings. The molecule has 0 aromatic heterocycles. The molecule has 134 valence electrons. The number of benzene rings is 2. The first-order valence-electron chi connectivity index (χ1n) is 7.80. The summed E-state index contributed by atoms with van der Waals surface area (Å²) in [5.41, 5.74) is 0.838.